The minimum absolute atomic E-state index is 0.00338. The minimum atomic E-state index is -0.303. The molecule has 0 spiro atoms. The van der Waals surface area contributed by atoms with Crippen molar-refractivity contribution < 1.29 is 14.3 Å². The second-order valence-electron chi connectivity index (χ2n) is 9.31. The number of ether oxygens (including phenoxy) is 2. The van der Waals surface area contributed by atoms with Gasteiger partial charge in [0, 0.05) is 26.1 Å². The predicted octanol–water partition coefficient (Wildman–Crippen LogP) is 7.80. The Kier molecular flexibility index (Phi) is 10.4. The zero-order valence-electron chi connectivity index (χ0n) is 23.0. The van der Waals surface area contributed by atoms with Crippen molar-refractivity contribution in [2.24, 2.45) is 5.10 Å². The number of nitrogens with one attached hydrogen (secondary N) is 1. The van der Waals surface area contributed by atoms with Crippen LogP contribution in [-0.2, 0) is 4.79 Å². The van der Waals surface area contributed by atoms with E-state index in [0.717, 1.165) is 22.1 Å². The van der Waals surface area contributed by atoms with Crippen molar-refractivity contribution in [1.82, 2.24) is 9.66 Å². The summed E-state index contributed by atoms with van der Waals surface area (Å²) in [5, 5.41) is 7.90. The molecule has 4 rings (SSSR count). The Balaban J connectivity index is 1.68. The van der Waals surface area contributed by atoms with Crippen LogP contribution in [0.4, 0.5) is 5.69 Å². The fourth-order valence-corrected chi connectivity index (χ4v) is 5.33. The Labute approximate surface area is 263 Å². The zero-order valence-corrected chi connectivity index (χ0v) is 27.8. The number of carbonyl (C=O) groups is 1. The Hall–Kier alpha value is -3.02. The molecule has 3 aromatic carbocycles. The molecule has 1 N–H and O–H groups in total. The Bertz CT molecular complexity index is 1690. The first-order valence-electron chi connectivity index (χ1n) is 13.0. The highest BCUT2D eigenvalue weighted by Gasteiger charge is 2.20. The molecule has 1 amide bonds. The fraction of sp³-hybridized carbons (Fsp3) is 0.267. The van der Waals surface area contributed by atoms with Crippen molar-refractivity contribution in [3.05, 3.63) is 89.3 Å². The summed E-state index contributed by atoms with van der Waals surface area (Å²) in [5.74, 6) is 1.06. The van der Waals surface area contributed by atoms with Crippen LogP contribution < -0.4 is 20.3 Å². The van der Waals surface area contributed by atoms with Crippen LogP contribution in [0.25, 0.3) is 10.9 Å². The van der Waals surface area contributed by atoms with Crippen LogP contribution in [-0.4, -0.2) is 35.0 Å². The van der Waals surface area contributed by atoms with Gasteiger partial charge in [0.15, 0.2) is 18.1 Å². The molecule has 0 fully saturated rings. The van der Waals surface area contributed by atoms with Gasteiger partial charge in [-0.25, -0.2) is 4.98 Å². The van der Waals surface area contributed by atoms with E-state index in [9.17, 15) is 9.59 Å². The van der Waals surface area contributed by atoms with E-state index in [2.05, 4.69) is 58.2 Å². The molecule has 0 saturated heterocycles. The van der Waals surface area contributed by atoms with Crippen molar-refractivity contribution in [1.29, 1.82) is 0 Å². The Morgan fingerprint density at radius 2 is 1.85 bits per heavy atom. The predicted molar refractivity (Wildman–Crippen MR) is 174 cm³/mol. The summed E-state index contributed by atoms with van der Waals surface area (Å²) in [6.07, 6.45) is 2.36. The second kappa shape index (κ2) is 13.8. The summed E-state index contributed by atoms with van der Waals surface area (Å²) < 4.78 is 15.1. The van der Waals surface area contributed by atoms with Gasteiger partial charge in [-0.1, -0.05) is 48.0 Å². The SMILES string of the molecule is CCOc1cc(C=Nn2c([C@H](C)CC)nc3ccc(Br)cc3c2=O)c(Br)c(Br)c1OCC(=O)Nc1ccccc1C. The molecular formula is C30H29Br3N4O4. The number of fused-ring (bicyclic) bond motifs is 1. The van der Waals surface area contributed by atoms with Crippen molar-refractivity contribution in [2.45, 2.75) is 40.0 Å². The van der Waals surface area contributed by atoms with Crippen molar-refractivity contribution in [3.8, 4) is 11.5 Å². The molecule has 1 atom stereocenters. The first kappa shape index (κ1) is 30.9. The molecule has 0 aliphatic heterocycles. The summed E-state index contributed by atoms with van der Waals surface area (Å²) in [5.41, 5.74) is 2.67. The molecule has 11 heteroatoms. The average molecular weight is 749 g/mol. The molecule has 8 nitrogen and oxygen atoms in total. The maximum atomic E-state index is 13.5. The first-order chi connectivity index (χ1) is 19.6. The summed E-state index contributed by atoms with van der Waals surface area (Å²) in [6.45, 7) is 7.98. The Morgan fingerprint density at radius 1 is 1.10 bits per heavy atom. The van der Waals surface area contributed by atoms with Gasteiger partial charge in [-0.05, 0) is 88.0 Å². The van der Waals surface area contributed by atoms with Gasteiger partial charge in [-0.15, -0.1) is 0 Å². The second-order valence-corrected chi connectivity index (χ2v) is 11.8. The molecule has 214 valence electrons. The quantitative estimate of drug-likeness (QED) is 0.167. The topological polar surface area (TPSA) is 94.8 Å². The van der Waals surface area contributed by atoms with Crippen molar-refractivity contribution in [3.63, 3.8) is 0 Å². The number of halogens is 3. The van der Waals surface area contributed by atoms with Gasteiger partial charge in [-0.3, -0.25) is 9.59 Å². The number of aromatic nitrogens is 2. The van der Waals surface area contributed by atoms with E-state index in [4.69, 9.17) is 14.5 Å². The molecule has 0 aliphatic rings. The van der Waals surface area contributed by atoms with Crippen molar-refractivity contribution in [2.75, 3.05) is 18.5 Å². The number of hydrogen-bond donors (Lipinski definition) is 1. The lowest BCUT2D eigenvalue weighted by Gasteiger charge is -2.17. The van der Waals surface area contributed by atoms with Crippen LogP contribution in [0.15, 0.2) is 71.8 Å². The van der Waals surface area contributed by atoms with Crippen LogP contribution in [0.5, 0.6) is 11.5 Å². The third kappa shape index (κ3) is 7.07. The van der Waals surface area contributed by atoms with Crippen LogP contribution in [0, 0.1) is 6.92 Å². The lowest BCUT2D eigenvalue weighted by molar-refractivity contribution is -0.118. The fourth-order valence-electron chi connectivity index (χ4n) is 4.03. The number of hydrogen-bond acceptors (Lipinski definition) is 6. The highest BCUT2D eigenvalue weighted by molar-refractivity contribution is 9.13. The number of aryl methyl sites for hydroxylation is 1. The van der Waals surface area contributed by atoms with Crippen LogP contribution >= 0.6 is 47.8 Å². The molecule has 0 aliphatic carbocycles. The van der Waals surface area contributed by atoms with Gasteiger partial charge in [0.05, 0.1) is 28.2 Å². The number of nitrogens with zero attached hydrogens (tertiary/aromatic N) is 3. The summed E-state index contributed by atoms with van der Waals surface area (Å²) in [6, 6.07) is 14.7. The van der Waals surface area contributed by atoms with Gasteiger partial charge < -0.3 is 14.8 Å². The lowest BCUT2D eigenvalue weighted by atomic mass is 10.1. The van der Waals surface area contributed by atoms with Crippen LogP contribution in [0.3, 0.4) is 0 Å². The molecule has 0 radical (unpaired) electrons. The first-order valence-corrected chi connectivity index (χ1v) is 15.4. The number of para-hydroxylation sites is 1. The van der Waals surface area contributed by atoms with E-state index in [1.54, 1.807) is 18.3 Å². The van der Waals surface area contributed by atoms with E-state index < -0.39 is 0 Å². The number of benzene rings is 3. The lowest BCUT2D eigenvalue weighted by Crippen LogP contribution is -2.23. The number of anilines is 1. The Morgan fingerprint density at radius 3 is 2.56 bits per heavy atom. The molecule has 4 aromatic rings. The molecule has 1 aromatic heterocycles. The smallest absolute Gasteiger partial charge is 0.282 e. The summed E-state index contributed by atoms with van der Waals surface area (Å²) in [7, 11) is 0. The summed E-state index contributed by atoms with van der Waals surface area (Å²) >= 11 is 10.6. The molecule has 0 saturated carbocycles. The largest absolute Gasteiger partial charge is 0.490 e. The number of carbonyl (C=O) groups excluding carboxylic acids is 1. The van der Waals surface area contributed by atoms with Gasteiger partial charge in [0.1, 0.15) is 5.82 Å². The molecule has 41 heavy (non-hydrogen) atoms. The maximum absolute atomic E-state index is 13.5. The number of amides is 1. The van der Waals surface area contributed by atoms with Gasteiger partial charge in [0.25, 0.3) is 11.5 Å². The number of rotatable bonds is 10. The third-order valence-electron chi connectivity index (χ3n) is 6.42. The van der Waals surface area contributed by atoms with Gasteiger partial charge in [-0.2, -0.15) is 9.78 Å². The average Bonchev–Trinajstić information content (AvgIpc) is 2.95. The standard InChI is InChI=1S/C30H29Br3N4O4/c1-5-17(3)29-36-23-12-11-20(31)14-21(23)30(39)37(29)34-15-19-13-24(40-6-2)28(27(33)26(19)32)41-16-25(38)35-22-10-8-7-9-18(22)4/h7-15,17H,5-6,16H2,1-4H3,(H,35,38)/t17-/m1/s1. The van der Waals surface area contributed by atoms with Crippen molar-refractivity contribution >= 4 is 76.5 Å². The monoisotopic (exact) mass is 746 g/mol. The van der Waals surface area contributed by atoms with E-state index in [1.807, 2.05) is 64.1 Å². The molecule has 0 bridgehead atoms. The van der Waals surface area contributed by atoms with Gasteiger partial charge in [0.2, 0.25) is 0 Å². The molecular weight excluding hydrogens is 720 g/mol. The normalized spacial score (nSPS) is 12.1. The van der Waals surface area contributed by atoms with Crippen LogP contribution in [0.2, 0.25) is 0 Å². The minimum Gasteiger partial charge on any atom is -0.490 e. The molecule has 1 heterocycles. The van der Waals surface area contributed by atoms with E-state index >= 15 is 0 Å². The maximum Gasteiger partial charge on any atom is 0.282 e. The van der Waals surface area contributed by atoms with E-state index in [-0.39, 0.29) is 24.0 Å². The van der Waals surface area contributed by atoms with E-state index in [0.29, 0.717) is 49.3 Å². The third-order valence-corrected chi connectivity index (χ3v) is 9.06. The highest BCUT2D eigenvalue weighted by atomic mass is 79.9. The van der Waals surface area contributed by atoms with Crippen LogP contribution in [0.1, 0.15) is 50.1 Å². The highest BCUT2D eigenvalue weighted by Crippen LogP contribution is 2.42. The van der Waals surface area contributed by atoms with E-state index in [1.165, 1.54) is 4.68 Å². The summed E-state index contributed by atoms with van der Waals surface area (Å²) in [4.78, 5) is 30.9. The van der Waals surface area contributed by atoms with Gasteiger partial charge >= 0.3 is 0 Å². The molecule has 0 unspecified atom stereocenters. The zero-order chi connectivity index (χ0) is 29.7.